The minimum absolute atomic E-state index is 0.596. The fourth-order valence-corrected chi connectivity index (χ4v) is 1.61. The summed E-state index contributed by atoms with van der Waals surface area (Å²) < 4.78 is 5.57. The van der Waals surface area contributed by atoms with Crippen LogP contribution in [0.2, 0.25) is 0 Å². The average molecular weight is 248 g/mol. The van der Waals surface area contributed by atoms with Crippen LogP contribution in [0.3, 0.4) is 0 Å². The largest absolute Gasteiger partial charge is 0.375 e. The van der Waals surface area contributed by atoms with Gasteiger partial charge in [-0.3, -0.25) is 4.98 Å². The molecule has 1 aromatic rings. The van der Waals surface area contributed by atoms with E-state index in [1.165, 1.54) is 0 Å². The van der Waals surface area contributed by atoms with Crippen molar-refractivity contribution in [1.82, 2.24) is 10.3 Å². The molecule has 0 spiro atoms. The summed E-state index contributed by atoms with van der Waals surface area (Å²) in [6.07, 6.45) is 5.10. The quantitative estimate of drug-likeness (QED) is 0.510. The normalized spacial score (nSPS) is 10.5. The highest BCUT2D eigenvalue weighted by Gasteiger charge is 1.98. The summed E-state index contributed by atoms with van der Waals surface area (Å²) in [6, 6.07) is 6.10. The van der Waals surface area contributed by atoms with Crippen molar-refractivity contribution in [2.45, 2.75) is 39.3 Å². The number of allylic oxidation sites excluding steroid dienone is 1. The van der Waals surface area contributed by atoms with Gasteiger partial charge in [0.2, 0.25) is 0 Å². The number of nitrogens with one attached hydrogen (secondary N) is 1. The third-order valence-corrected chi connectivity index (χ3v) is 2.54. The molecule has 0 amide bonds. The van der Waals surface area contributed by atoms with E-state index >= 15 is 0 Å². The summed E-state index contributed by atoms with van der Waals surface area (Å²) in [5, 5.41) is 3.35. The third-order valence-electron chi connectivity index (χ3n) is 2.54. The molecular formula is C15H24N2O. The van der Waals surface area contributed by atoms with Crippen LogP contribution in [0.5, 0.6) is 0 Å². The van der Waals surface area contributed by atoms with E-state index in [0.29, 0.717) is 6.61 Å². The van der Waals surface area contributed by atoms with Crippen molar-refractivity contribution in [2.24, 2.45) is 0 Å². The van der Waals surface area contributed by atoms with Gasteiger partial charge in [0, 0.05) is 13.2 Å². The number of aromatic nitrogens is 1. The van der Waals surface area contributed by atoms with Gasteiger partial charge in [0.15, 0.2) is 0 Å². The Kier molecular flexibility index (Phi) is 8.10. The first-order valence-electron chi connectivity index (χ1n) is 6.71. The highest BCUT2D eigenvalue weighted by atomic mass is 16.5. The van der Waals surface area contributed by atoms with Gasteiger partial charge in [-0.25, -0.2) is 0 Å². The Bertz CT molecular complexity index is 339. The van der Waals surface area contributed by atoms with E-state index in [9.17, 15) is 0 Å². The van der Waals surface area contributed by atoms with Gasteiger partial charge in [-0.05, 0) is 37.9 Å². The lowest BCUT2D eigenvalue weighted by Crippen LogP contribution is -2.15. The Morgan fingerprint density at radius 1 is 1.39 bits per heavy atom. The lowest BCUT2D eigenvalue weighted by Gasteiger charge is -2.06. The topological polar surface area (TPSA) is 34.1 Å². The van der Waals surface area contributed by atoms with Crippen LogP contribution in [0.4, 0.5) is 0 Å². The fraction of sp³-hybridized carbons (Fsp3) is 0.533. The van der Waals surface area contributed by atoms with Crippen molar-refractivity contribution in [2.75, 3.05) is 13.2 Å². The fourth-order valence-electron chi connectivity index (χ4n) is 1.61. The molecule has 0 fully saturated rings. The van der Waals surface area contributed by atoms with E-state index in [0.717, 1.165) is 50.3 Å². The van der Waals surface area contributed by atoms with Crippen LogP contribution in [0, 0.1) is 0 Å². The molecule has 0 saturated heterocycles. The second kappa shape index (κ2) is 9.80. The third kappa shape index (κ3) is 6.52. The van der Waals surface area contributed by atoms with Crippen LogP contribution >= 0.6 is 0 Å². The van der Waals surface area contributed by atoms with E-state index < -0.39 is 0 Å². The van der Waals surface area contributed by atoms with Crippen LogP contribution < -0.4 is 5.32 Å². The van der Waals surface area contributed by atoms with Gasteiger partial charge < -0.3 is 10.1 Å². The molecule has 0 saturated carbocycles. The number of rotatable bonds is 10. The molecule has 3 nitrogen and oxygen atoms in total. The molecule has 0 aromatic carbocycles. The highest BCUT2D eigenvalue weighted by molar-refractivity contribution is 5.10. The molecular weight excluding hydrogens is 224 g/mol. The van der Waals surface area contributed by atoms with Crippen molar-refractivity contribution in [3.05, 3.63) is 42.2 Å². The smallest absolute Gasteiger partial charge is 0.0887 e. The number of hydrogen-bond acceptors (Lipinski definition) is 3. The van der Waals surface area contributed by atoms with E-state index in [4.69, 9.17) is 4.74 Å². The van der Waals surface area contributed by atoms with Crippen LogP contribution in [0.15, 0.2) is 30.9 Å². The first-order chi connectivity index (χ1) is 8.86. The van der Waals surface area contributed by atoms with Crippen molar-refractivity contribution in [3.8, 4) is 0 Å². The first-order valence-corrected chi connectivity index (χ1v) is 6.71. The highest BCUT2D eigenvalue weighted by Crippen LogP contribution is 2.02. The Morgan fingerprint density at radius 3 is 3.00 bits per heavy atom. The zero-order valence-electron chi connectivity index (χ0n) is 11.3. The van der Waals surface area contributed by atoms with Gasteiger partial charge in [-0.15, -0.1) is 6.58 Å². The second-order valence-electron chi connectivity index (χ2n) is 4.28. The standard InChI is InChI=1S/C15H24N2O/c1-3-5-6-11-18-13-15-9-7-8-14(17-15)12-16-10-4-2/h3,7-9,16H,1,4-6,10-13H2,2H3. The molecule has 0 bridgehead atoms. The number of unbranched alkanes of at least 4 members (excludes halogenated alkanes) is 1. The number of nitrogens with zero attached hydrogens (tertiary/aromatic N) is 1. The molecule has 0 atom stereocenters. The molecule has 3 heteroatoms. The zero-order chi connectivity index (χ0) is 13.1. The van der Waals surface area contributed by atoms with Gasteiger partial charge in [0.25, 0.3) is 0 Å². The molecule has 0 aliphatic rings. The molecule has 1 rings (SSSR count). The molecule has 18 heavy (non-hydrogen) atoms. The number of pyridine rings is 1. The molecule has 1 aromatic heterocycles. The van der Waals surface area contributed by atoms with E-state index in [-0.39, 0.29) is 0 Å². The molecule has 0 radical (unpaired) electrons. The average Bonchev–Trinajstić information content (AvgIpc) is 2.39. The van der Waals surface area contributed by atoms with Crippen molar-refractivity contribution in [1.29, 1.82) is 0 Å². The minimum atomic E-state index is 0.596. The molecule has 0 aliphatic carbocycles. The maximum absolute atomic E-state index is 5.57. The second-order valence-corrected chi connectivity index (χ2v) is 4.28. The Hall–Kier alpha value is -1.19. The number of ether oxygens (including phenoxy) is 1. The summed E-state index contributed by atoms with van der Waals surface area (Å²) >= 11 is 0. The van der Waals surface area contributed by atoms with Crippen molar-refractivity contribution in [3.63, 3.8) is 0 Å². The van der Waals surface area contributed by atoms with Gasteiger partial charge in [-0.2, -0.15) is 0 Å². The van der Waals surface area contributed by atoms with E-state index in [1.807, 2.05) is 24.3 Å². The van der Waals surface area contributed by atoms with Crippen molar-refractivity contribution >= 4 is 0 Å². The Balaban J connectivity index is 2.27. The van der Waals surface area contributed by atoms with Crippen LogP contribution in [-0.2, 0) is 17.9 Å². The maximum atomic E-state index is 5.57. The summed E-state index contributed by atoms with van der Waals surface area (Å²) in [7, 11) is 0. The van der Waals surface area contributed by atoms with Crippen molar-refractivity contribution < 1.29 is 4.74 Å². The molecule has 1 N–H and O–H groups in total. The monoisotopic (exact) mass is 248 g/mol. The zero-order valence-corrected chi connectivity index (χ0v) is 11.3. The molecule has 100 valence electrons. The predicted molar refractivity (Wildman–Crippen MR) is 75.3 cm³/mol. The molecule has 1 heterocycles. The maximum Gasteiger partial charge on any atom is 0.0887 e. The van der Waals surface area contributed by atoms with E-state index in [1.54, 1.807) is 0 Å². The summed E-state index contributed by atoms with van der Waals surface area (Å²) in [5.74, 6) is 0. The van der Waals surface area contributed by atoms with Gasteiger partial charge in [0.1, 0.15) is 0 Å². The van der Waals surface area contributed by atoms with Gasteiger partial charge >= 0.3 is 0 Å². The predicted octanol–water partition coefficient (Wildman–Crippen LogP) is 3.06. The molecule has 0 unspecified atom stereocenters. The lowest BCUT2D eigenvalue weighted by molar-refractivity contribution is 0.116. The summed E-state index contributed by atoms with van der Waals surface area (Å²) in [5.41, 5.74) is 2.08. The lowest BCUT2D eigenvalue weighted by atomic mass is 10.3. The first kappa shape index (κ1) is 14.9. The van der Waals surface area contributed by atoms with Crippen LogP contribution in [-0.4, -0.2) is 18.1 Å². The van der Waals surface area contributed by atoms with Gasteiger partial charge in [-0.1, -0.05) is 19.1 Å². The van der Waals surface area contributed by atoms with Crippen LogP contribution in [0.1, 0.15) is 37.6 Å². The summed E-state index contributed by atoms with van der Waals surface area (Å²) in [4.78, 5) is 4.55. The SMILES string of the molecule is C=CCCCOCc1cccc(CNCCC)n1. The molecule has 0 aliphatic heterocycles. The number of hydrogen-bond donors (Lipinski definition) is 1. The summed E-state index contributed by atoms with van der Waals surface area (Å²) in [6.45, 7) is 9.08. The Morgan fingerprint density at radius 2 is 2.22 bits per heavy atom. The van der Waals surface area contributed by atoms with Crippen LogP contribution in [0.25, 0.3) is 0 Å². The van der Waals surface area contributed by atoms with E-state index in [2.05, 4.69) is 23.8 Å². The van der Waals surface area contributed by atoms with Gasteiger partial charge in [0.05, 0.1) is 18.0 Å². The minimum Gasteiger partial charge on any atom is -0.375 e. The Labute approximate surface area is 110 Å².